The molecule has 1 aromatic carbocycles. The summed E-state index contributed by atoms with van der Waals surface area (Å²) in [6.45, 7) is -0.544. The van der Waals surface area contributed by atoms with E-state index in [1.54, 1.807) is 0 Å². The van der Waals surface area contributed by atoms with Gasteiger partial charge in [-0.1, -0.05) is 0 Å². The number of anilines is 1. The molecule has 0 bridgehead atoms. The molecule has 1 fully saturated rings. The van der Waals surface area contributed by atoms with Gasteiger partial charge in [-0.2, -0.15) is 14.4 Å². The number of aliphatic hydroxyl groups is 3. The molecule has 0 radical (unpaired) electrons. The third kappa shape index (κ3) is 3.23. The molecule has 3 aromatic rings. The summed E-state index contributed by atoms with van der Waals surface area (Å²) in [7, 11) is 0. The Morgan fingerprint density at radius 2 is 1.93 bits per heavy atom. The van der Waals surface area contributed by atoms with Crippen molar-refractivity contribution >= 4 is 17.0 Å². The lowest BCUT2D eigenvalue weighted by molar-refractivity contribution is -0.0511. The van der Waals surface area contributed by atoms with Crippen LogP contribution in [0.1, 0.15) is 6.23 Å². The second-order valence-corrected chi connectivity index (χ2v) is 6.25. The molecule has 5 N–H and O–H groups in total. The smallest absolute Gasteiger partial charge is 0.326 e. The minimum atomic E-state index is -1.47. The largest absolute Gasteiger partial charge is 0.421 e. The molecule has 1 saturated heterocycles. The van der Waals surface area contributed by atoms with Gasteiger partial charge >= 0.3 is 6.01 Å². The molecule has 4 rings (SSSR count). The maximum absolute atomic E-state index is 13.8. The van der Waals surface area contributed by atoms with E-state index in [9.17, 15) is 28.5 Å². The zero-order valence-corrected chi connectivity index (χ0v) is 14.4. The number of hydrogen-bond acceptors (Lipinski definition) is 9. The number of hydrogen-bond donors (Lipinski definition) is 4. The van der Waals surface area contributed by atoms with Gasteiger partial charge in [0.1, 0.15) is 24.1 Å². The van der Waals surface area contributed by atoms with Crippen LogP contribution >= 0.6 is 0 Å². The van der Waals surface area contributed by atoms with Crippen molar-refractivity contribution in [1.82, 2.24) is 19.5 Å². The number of halogens is 3. The van der Waals surface area contributed by atoms with E-state index in [1.165, 1.54) is 10.9 Å². The predicted molar refractivity (Wildman–Crippen MR) is 89.1 cm³/mol. The van der Waals surface area contributed by atoms with Crippen LogP contribution in [0.15, 0.2) is 18.5 Å². The molecule has 1 aliphatic heterocycles. The van der Waals surface area contributed by atoms with E-state index in [0.29, 0.717) is 12.1 Å². The van der Waals surface area contributed by atoms with E-state index in [4.69, 9.17) is 15.2 Å². The summed E-state index contributed by atoms with van der Waals surface area (Å²) in [4.78, 5) is 11.7. The zero-order chi connectivity index (χ0) is 20.9. The highest BCUT2D eigenvalue weighted by Crippen LogP contribution is 2.33. The van der Waals surface area contributed by atoms with Gasteiger partial charge in [-0.25, -0.2) is 13.8 Å². The molecule has 0 unspecified atom stereocenters. The van der Waals surface area contributed by atoms with Gasteiger partial charge in [-0.15, -0.1) is 0 Å². The average Bonchev–Trinajstić information content (AvgIpc) is 3.21. The van der Waals surface area contributed by atoms with Crippen LogP contribution in [-0.4, -0.2) is 59.8 Å². The molecule has 13 heteroatoms. The molecule has 2 aromatic heterocycles. The van der Waals surface area contributed by atoms with Gasteiger partial charge < -0.3 is 30.5 Å². The lowest BCUT2D eigenvalue weighted by atomic mass is 10.1. The van der Waals surface area contributed by atoms with Gasteiger partial charge in [0, 0.05) is 12.1 Å². The molecule has 0 spiro atoms. The lowest BCUT2D eigenvalue weighted by Crippen LogP contribution is -2.33. The van der Waals surface area contributed by atoms with Crippen LogP contribution in [0.25, 0.3) is 11.2 Å². The third-order valence-electron chi connectivity index (χ3n) is 4.38. The standard InChI is InChI=1S/C16H14F3N5O5/c17-5-1-6(18)9(19)7(2-5)29-16-22-13(20)10-14(23-16)24(4-21-10)15-12(27)11(26)8(3-25)28-15/h1-2,4,8,11-12,15,25-27H,3H2,(H2,20,22,23)/t8-,11-,12-,15-/m1/s1. The summed E-state index contributed by atoms with van der Waals surface area (Å²) in [5.74, 6) is -5.01. The van der Waals surface area contributed by atoms with Crippen LogP contribution in [0.4, 0.5) is 19.0 Å². The van der Waals surface area contributed by atoms with Crippen LogP contribution < -0.4 is 10.5 Å². The highest BCUT2D eigenvalue weighted by atomic mass is 19.2. The minimum absolute atomic E-state index is 0.0281. The Morgan fingerprint density at radius 1 is 1.17 bits per heavy atom. The van der Waals surface area contributed by atoms with Crippen LogP contribution in [-0.2, 0) is 4.74 Å². The molecule has 0 aliphatic carbocycles. The van der Waals surface area contributed by atoms with Crippen molar-refractivity contribution in [2.24, 2.45) is 0 Å². The predicted octanol–water partition coefficient (Wildman–Crippen LogP) is 0.230. The van der Waals surface area contributed by atoms with Crippen molar-refractivity contribution in [2.45, 2.75) is 24.5 Å². The Labute approximate surface area is 160 Å². The first kappa shape index (κ1) is 19.3. The van der Waals surface area contributed by atoms with Crippen molar-refractivity contribution in [3.63, 3.8) is 0 Å². The van der Waals surface area contributed by atoms with Crippen LogP contribution in [0.5, 0.6) is 11.8 Å². The lowest BCUT2D eigenvalue weighted by Gasteiger charge is -2.16. The van der Waals surface area contributed by atoms with Gasteiger partial charge in [0.2, 0.25) is 5.82 Å². The van der Waals surface area contributed by atoms with Crippen molar-refractivity contribution in [3.05, 3.63) is 35.9 Å². The number of nitrogen functional groups attached to an aromatic ring is 1. The molecule has 1 aliphatic rings. The van der Waals surface area contributed by atoms with E-state index in [0.717, 1.165) is 0 Å². The molecule has 3 heterocycles. The quantitative estimate of drug-likeness (QED) is 0.441. The Bertz CT molecular complexity index is 1080. The van der Waals surface area contributed by atoms with Crippen molar-refractivity contribution in [2.75, 3.05) is 12.3 Å². The Hall–Kier alpha value is -3.00. The summed E-state index contributed by atoms with van der Waals surface area (Å²) >= 11 is 0. The second-order valence-electron chi connectivity index (χ2n) is 6.25. The first-order chi connectivity index (χ1) is 13.8. The number of aliphatic hydroxyl groups excluding tert-OH is 3. The summed E-state index contributed by atoms with van der Waals surface area (Å²) in [5, 5.41) is 29.3. The molecular formula is C16H14F3N5O5. The fraction of sp³-hybridized carbons (Fsp3) is 0.312. The van der Waals surface area contributed by atoms with E-state index in [1.807, 2.05) is 0 Å². The van der Waals surface area contributed by atoms with Crippen LogP contribution in [0.3, 0.4) is 0 Å². The number of fused-ring (bicyclic) bond motifs is 1. The van der Waals surface area contributed by atoms with Crippen LogP contribution in [0, 0.1) is 17.5 Å². The second kappa shape index (κ2) is 7.11. The zero-order valence-electron chi connectivity index (χ0n) is 14.4. The summed E-state index contributed by atoms with van der Waals surface area (Å²) in [6.07, 6.45) is -3.84. The monoisotopic (exact) mass is 413 g/mol. The highest BCUT2D eigenvalue weighted by molar-refractivity contribution is 5.82. The van der Waals surface area contributed by atoms with Crippen molar-refractivity contribution < 1.29 is 38.0 Å². The molecule has 10 nitrogen and oxygen atoms in total. The van der Waals surface area contributed by atoms with Crippen molar-refractivity contribution in [3.8, 4) is 11.8 Å². The first-order valence-corrected chi connectivity index (χ1v) is 8.25. The van der Waals surface area contributed by atoms with Gasteiger partial charge in [0.15, 0.2) is 34.8 Å². The summed E-state index contributed by atoms with van der Waals surface area (Å²) in [6, 6.07) is 0.399. The van der Waals surface area contributed by atoms with E-state index < -0.39 is 60.4 Å². The van der Waals surface area contributed by atoms with E-state index in [2.05, 4.69) is 15.0 Å². The molecule has 154 valence electrons. The Kier molecular flexibility index (Phi) is 4.74. The van der Waals surface area contributed by atoms with E-state index >= 15 is 0 Å². The van der Waals surface area contributed by atoms with E-state index in [-0.39, 0.29) is 17.0 Å². The van der Waals surface area contributed by atoms with Gasteiger partial charge in [0.25, 0.3) is 0 Å². The number of nitrogens with two attached hydrogens (primary N) is 1. The number of rotatable bonds is 4. The van der Waals surface area contributed by atoms with Crippen molar-refractivity contribution in [1.29, 1.82) is 0 Å². The number of benzene rings is 1. The number of imidazole rings is 1. The molecular weight excluding hydrogens is 399 g/mol. The van der Waals surface area contributed by atoms with Gasteiger partial charge in [0.05, 0.1) is 12.9 Å². The molecule has 0 saturated carbocycles. The number of ether oxygens (including phenoxy) is 2. The fourth-order valence-corrected chi connectivity index (χ4v) is 2.96. The Balaban J connectivity index is 1.75. The number of nitrogens with zero attached hydrogens (tertiary/aromatic N) is 4. The van der Waals surface area contributed by atoms with Gasteiger partial charge in [-0.3, -0.25) is 4.57 Å². The topological polar surface area (TPSA) is 149 Å². The maximum atomic E-state index is 13.8. The third-order valence-corrected chi connectivity index (χ3v) is 4.38. The highest BCUT2D eigenvalue weighted by Gasteiger charge is 2.44. The molecule has 0 amide bonds. The maximum Gasteiger partial charge on any atom is 0.326 e. The Morgan fingerprint density at radius 3 is 2.62 bits per heavy atom. The first-order valence-electron chi connectivity index (χ1n) is 8.25. The normalized spacial score (nSPS) is 24.3. The van der Waals surface area contributed by atoms with Gasteiger partial charge in [-0.05, 0) is 0 Å². The SMILES string of the molecule is Nc1nc(Oc2cc(F)cc(F)c2F)nc2c1ncn2[C@@H]1O[C@H](CO)[C@@H](O)[C@H]1O. The van der Waals surface area contributed by atoms with Crippen LogP contribution in [0.2, 0.25) is 0 Å². The fourth-order valence-electron chi connectivity index (χ4n) is 2.96. The average molecular weight is 413 g/mol. The summed E-state index contributed by atoms with van der Waals surface area (Å²) in [5.41, 5.74) is 5.84. The minimum Gasteiger partial charge on any atom is -0.421 e. The number of aromatic nitrogens is 4. The summed E-state index contributed by atoms with van der Waals surface area (Å²) < 4.78 is 52.2. The molecule has 4 atom stereocenters. The molecule has 29 heavy (non-hydrogen) atoms.